The fourth-order valence-corrected chi connectivity index (χ4v) is 3.37. The highest BCUT2D eigenvalue weighted by atomic mass is 16.5. The van der Waals surface area contributed by atoms with Gasteiger partial charge in [-0.25, -0.2) is 0 Å². The average Bonchev–Trinajstić information content (AvgIpc) is 3.15. The van der Waals surface area contributed by atoms with Crippen molar-refractivity contribution in [1.29, 1.82) is 0 Å². The number of fused-ring (bicyclic) bond motifs is 1. The van der Waals surface area contributed by atoms with Crippen molar-refractivity contribution in [1.82, 2.24) is 4.90 Å². The predicted octanol–water partition coefficient (Wildman–Crippen LogP) is 3.67. The van der Waals surface area contributed by atoms with Gasteiger partial charge < -0.3 is 15.0 Å². The highest BCUT2D eigenvalue weighted by molar-refractivity contribution is 5.96. The summed E-state index contributed by atoms with van der Waals surface area (Å²) in [4.78, 5) is 26.2. The number of hydrogen-bond acceptors (Lipinski definition) is 3. The lowest BCUT2D eigenvalue weighted by Crippen LogP contribution is -2.30. The first-order valence-electron chi connectivity index (χ1n) is 9.54. The van der Waals surface area contributed by atoms with Crippen LogP contribution in [0, 0.1) is 0 Å². The van der Waals surface area contributed by atoms with Gasteiger partial charge in [0.05, 0.1) is 0 Å². The quantitative estimate of drug-likeness (QED) is 0.813. The maximum absolute atomic E-state index is 12.3. The molecular weight excluding hydrogens is 340 g/mol. The molecule has 0 aromatic heterocycles. The Morgan fingerprint density at radius 3 is 2.41 bits per heavy atom. The first kappa shape index (κ1) is 19.0. The number of hydrogen-bond donors (Lipinski definition) is 1. The van der Waals surface area contributed by atoms with Crippen LogP contribution in [0.3, 0.4) is 0 Å². The van der Waals surface area contributed by atoms with Gasteiger partial charge in [-0.3, -0.25) is 9.59 Å². The molecule has 0 heterocycles. The van der Waals surface area contributed by atoms with Gasteiger partial charge in [0.25, 0.3) is 11.8 Å². The van der Waals surface area contributed by atoms with Gasteiger partial charge in [-0.2, -0.15) is 0 Å². The summed E-state index contributed by atoms with van der Waals surface area (Å²) in [6.45, 7) is 5.22. The van der Waals surface area contributed by atoms with E-state index in [2.05, 4.69) is 11.4 Å². The van der Waals surface area contributed by atoms with Crippen molar-refractivity contribution in [2.75, 3.05) is 25.0 Å². The molecular formula is C22H26N2O3. The Bertz CT molecular complexity index is 811. The van der Waals surface area contributed by atoms with Crippen LogP contribution in [0.2, 0.25) is 0 Å². The average molecular weight is 366 g/mol. The zero-order valence-corrected chi connectivity index (χ0v) is 16.0. The molecule has 0 fully saturated rings. The molecule has 1 aliphatic carbocycles. The summed E-state index contributed by atoms with van der Waals surface area (Å²) in [6, 6.07) is 13.0. The summed E-state index contributed by atoms with van der Waals surface area (Å²) in [5.74, 6) is 0.502. The third-order valence-corrected chi connectivity index (χ3v) is 4.91. The zero-order chi connectivity index (χ0) is 19.2. The van der Waals surface area contributed by atoms with Gasteiger partial charge in [-0.1, -0.05) is 6.07 Å². The Morgan fingerprint density at radius 1 is 1.00 bits per heavy atom. The van der Waals surface area contributed by atoms with Crippen molar-refractivity contribution in [2.24, 2.45) is 0 Å². The van der Waals surface area contributed by atoms with E-state index >= 15 is 0 Å². The van der Waals surface area contributed by atoms with E-state index in [-0.39, 0.29) is 18.4 Å². The molecule has 2 aromatic rings. The van der Waals surface area contributed by atoms with E-state index in [0.717, 1.165) is 18.6 Å². The second-order valence-corrected chi connectivity index (χ2v) is 6.68. The van der Waals surface area contributed by atoms with Crippen molar-refractivity contribution in [3.8, 4) is 5.75 Å². The first-order valence-corrected chi connectivity index (χ1v) is 9.54. The van der Waals surface area contributed by atoms with Crippen molar-refractivity contribution in [2.45, 2.75) is 33.1 Å². The summed E-state index contributed by atoms with van der Waals surface area (Å²) >= 11 is 0. The van der Waals surface area contributed by atoms with Crippen LogP contribution in [0.1, 0.15) is 41.8 Å². The highest BCUT2D eigenvalue weighted by Crippen LogP contribution is 2.26. The molecule has 0 aliphatic heterocycles. The van der Waals surface area contributed by atoms with Crippen LogP contribution in [0.25, 0.3) is 0 Å². The van der Waals surface area contributed by atoms with Crippen LogP contribution in [0.4, 0.5) is 5.69 Å². The molecule has 0 saturated carbocycles. The maximum Gasteiger partial charge on any atom is 0.262 e. The monoisotopic (exact) mass is 366 g/mol. The number of benzene rings is 2. The molecule has 1 aliphatic rings. The van der Waals surface area contributed by atoms with Gasteiger partial charge in [0.15, 0.2) is 6.61 Å². The van der Waals surface area contributed by atoms with Crippen LogP contribution in [0.15, 0.2) is 42.5 Å². The van der Waals surface area contributed by atoms with Crippen molar-refractivity contribution >= 4 is 17.5 Å². The zero-order valence-electron chi connectivity index (χ0n) is 16.0. The molecule has 0 radical (unpaired) electrons. The van der Waals surface area contributed by atoms with E-state index in [4.69, 9.17) is 4.74 Å². The molecule has 0 spiro atoms. The summed E-state index contributed by atoms with van der Waals surface area (Å²) in [5.41, 5.74) is 3.97. The molecule has 3 rings (SSSR count). The van der Waals surface area contributed by atoms with E-state index in [0.29, 0.717) is 24.3 Å². The largest absolute Gasteiger partial charge is 0.484 e. The van der Waals surface area contributed by atoms with Crippen LogP contribution in [0.5, 0.6) is 5.75 Å². The number of amides is 2. The molecule has 0 unspecified atom stereocenters. The highest BCUT2D eigenvalue weighted by Gasteiger charge is 2.13. The lowest BCUT2D eigenvalue weighted by Gasteiger charge is -2.18. The summed E-state index contributed by atoms with van der Waals surface area (Å²) < 4.78 is 5.61. The third kappa shape index (κ3) is 4.67. The first-order chi connectivity index (χ1) is 13.1. The van der Waals surface area contributed by atoms with Gasteiger partial charge >= 0.3 is 0 Å². The second-order valence-electron chi connectivity index (χ2n) is 6.68. The van der Waals surface area contributed by atoms with E-state index in [1.54, 1.807) is 29.2 Å². The third-order valence-electron chi connectivity index (χ3n) is 4.91. The Labute approximate surface area is 160 Å². The molecule has 5 heteroatoms. The standard InChI is InChI=1S/C22H26N2O3/c1-3-24(4-2)22(26)17-8-11-19(12-9-17)23-21(25)15-27-20-13-10-16-6-5-7-18(16)14-20/h8-14H,3-7,15H2,1-2H3,(H,23,25). The smallest absolute Gasteiger partial charge is 0.262 e. The lowest BCUT2D eigenvalue weighted by molar-refractivity contribution is -0.118. The Morgan fingerprint density at radius 2 is 1.70 bits per heavy atom. The molecule has 0 saturated heterocycles. The maximum atomic E-state index is 12.3. The summed E-state index contributed by atoms with van der Waals surface area (Å²) in [5, 5.41) is 2.80. The number of rotatable bonds is 7. The van der Waals surface area contributed by atoms with Crippen LogP contribution >= 0.6 is 0 Å². The number of carbonyl (C=O) groups excluding carboxylic acids is 2. The molecule has 0 bridgehead atoms. The number of nitrogens with zero attached hydrogens (tertiary/aromatic N) is 1. The SMILES string of the molecule is CCN(CC)C(=O)c1ccc(NC(=O)COc2ccc3c(c2)CCC3)cc1. The van der Waals surface area contributed by atoms with E-state index in [1.807, 2.05) is 26.0 Å². The molecule has 2 amide bonds. The molecule has 5 nitrogen and oxygen atoms in total. The van der Waals surface area contributed by atoms with Crippen molar-refractivity contribution in [3.05, 3.63) is 59.2 Å². The second kappa shape index (κ2) is 8.71. The van der Waals surface area contributed by atoms with Gasteiger partial charge in [0, 0.05) is 24.3 Å². The molecule has 1 N–H and O–H groups in total. The van der Waals surface area contributed by atoms with Crippen molar-refractivity contribution in [3.63, 3.8) is 0 Å². The molecule has 27 heavy (non-hydrogen) atoms. The number of aryl methyl sites for hydroxylation is 2. The molecule has 0 atom stereocenters. The Kier molecular flexibility index (Phi) is 6.12. The minimum absolute atomic E-state index is 0.00202. The summed E-state index contributed by atoms with van der Waals surface area (Å²) in [7, 11) is 0. The minimum Gasteiger partial charge on any atom is -0.484 e. The van der Waals surface area contributed by atoms with Gasteiger partial charge in [0.1, 0.15) is 5.75 Å². The van der Waals surface area contributed by atoms with E-state index < -0.39 is 0 Å². The van der Waals surface area contributed by atoms with Crippen LogP contribution < -0.4 is 10.1 Å². The molecule has 2 aromatic carbocycles. The number of carbonyl (C=O) groups is 2. The number of ether oxygens (including phenoxy) is 1. The van der Waals surface area contributed by atoms with Gasteiger partial charge in [-0.05, 0) is 80.6 Å². The van der Waals surface area contributed by atoms with Gasteiger partial charge in [-0.15, -0.1) is 0 Å². The predicted molar refractivity (Wildman–Crippen MR) is 106 cm³/mol. The van der Waals surface area contributed by atoms with Crippen LogP contribution in [-0.2, 0) is 17.6 Å². The molecule has 142 valence electrons. The van der Waals surface area contributed by atoms with E-state index in [9.17, 15) is 9.59 Å². The number of anilines is 1. The minimum atomic E-state index is -0.224. The summed E-state index contributed by atoms with van der Waals surface area (Å²) in [6.07, 6.45) is 3.40. The van der Waals surface area contributed by atoms with Crippen LogP contribution in [-0.4, -0.2) is 36.4 Å². The fraction of sp³-hybridized carbons (Fsp3) is 0.364. The normalized spacial score (nSPS) is 12.4. The van der Waals surface area contributed by atoms with E-state index in [1.165, 1.54) is 17.5 Å². The lowest BCUT2D eigenvalue weighted by atomic mass is 10.1. The van der Waals surface area contributed by atoms with Crippen molar-refractivity contribution < 1.29 is 14.3 Å². The number of nitrogens with one attached hydrogen (secondary N) is 1. The topological polar surface area (TPSA) is 58.6 Å². The van der Waals surface area contributed by atoms with Gasteiger partial charge in [0.2, 0.25) is 0 Å². The Hall–Kier alpha value is -2.82. The Balaban J connectivity index is 1.52. The fourth-order valence-electron chi connectivity index (χ4n) is 3.37.